The second-order valence-electron chi connectivity index (χ2n) is 3.58. The molecule has 0 fully saturated rings. The molecule has 0 atom stereocenters. The third-order valence-electron chi connectivity index (χ3n) is 0.283. The molecule has 1 rings (SSSR count). The minimum absolute atomic E-state index is 0.500. The molecule has 0 unspecified atom stereocenters. The van der Waals surface area contributed by atoms with Crippen molar-refractivity contribution in [3.05, 3.63) is 11.8 Å². The summed E-state index contributed by atoms with van der Waals surface area (Å²) in [7, 11) is 0. The third kappa shape index (κ3) is 33.7. The van der Waals surface area contributed by atoms with Gasteiger partial charge in [0.25, 0.3) is 0 Å². The van der Waals surface area contributed by atoms with Gasteiger partial charge < -0.3 is 0 Å². The van der Waals surface area contributed by atoms with E-state index in [4.69, 9.17) is 0 Å². The Hall–Kier alpha value is -0.440. The molecule has 0 bridgehead atoms. The average molecular weight is 188 g/mol. The van der Waals surface area contributed by atoms with E-state index in [1.807, 2.05) is 13.8 Å². The van der Waals surface area contributed by atoms with Gasteiger partial charge in [-0.15, -0.1) is 0 Å². The largest absolute Gasteiger partial charge is 0.231 e. The molecule has 72 valence electrons. The number of nitrogens with zero attached hydrogens (tertiary/aromatic N) is 2. The van der Waals surface area contributed by atoms with Gasteiger partial charge >= 0.3 is 0 Å². The van der Waals surface area contributed by atoms with Gasteiger partial charge in [0.15, 0.2) is 0 Å². The summed E-state index contributed by atoms with van der Waals surface area (Å²) in [4.78, 5) is 3.63. The van der Waals surface area contributed by atoms with E-state index < -0.39 is 0 Å². The van der Waals surface area contributed by atoms with Crippen molar-refractivity contribution in [2.75, 3.05) is 0 Å². The van der Waals surface area contributed by atoms with E-state index in [0.717, 1.165) is 0 Å². The maximum atomic E-state index is 3.65. The van der Waals surface area contributed by atoms with Crippen LogP contribution in [-0.4, -0.2) is 9.36 Å². The summed E-state index contributed by atoms with van der Waals surface area (Å²) in [6.07, 6.45) is 1.52. The van der Waals surface area contributed by atoms with Gasteiger partial charge in [-0.05, 0) is 16.9 Å². The molecule has 1 aromatic heterocycles. The van der Waals surface area contributed by atoms with Crippen molar-refractivity contribution in [2.24, 2.45) is 5.41 Å². The van der Waals surface area contributed by atoms with Crippen LogP contribution in [0.25, 0.3) is 0 Å². The first-order chi connectivity index (χ1) is 5.50. The van der Waals surface area contributed by atoms with Crippen molar-refractivity contribution in [1.82, 2.24) is 9.36 Å². The van der Waals surface area contributed by atoms with Gasteiger partial charge in [-0.3, -0.25) is 0 Å². The first kappa shape index (κ1) is 14.1. The van der Waals surface area contributed by atoms with Crippen LogP contribution in [0.2, 0.25) is 0 Å². The Labute approximate surface area is 80.2 Å². The van der Waals surface area contributed by atoms with Crippen LogP contribution in [0.4, 0.5) is 0 Å². The van der Waals surface area contributed by atoms with Gasteiger partial charge in [-0.2, -0.15) is 4.37 Å². The van der Waals surface area contributed by atoms with Crippen LogP contribution in [0, 0.1) is 5.41 Å². The van der Waals surface area contributed by atoms with Crippen molar-refractivity contribution in [3.8, 4) is 0 Å². The second-order valence-corrected chi connectivity index (χ2v) is 4.21. The fraction of sp³-hybridized carbons (Fsp3) is 0.778. The molecule has 0 aliphatic carbocycles. The third-order valence-corrected chi connectivity index (χ3v) is 0.715. The van der Waals surface area contributed by atoms with Gasteiger partial charge in [0.2, 0.25) is 0 Å². The fourth-order valence-electron chi connectivity index (χ4n) is 0.136. The molecule has 0 saturated heterocycles. The molecular formula is C9H20N2S. The standard InChI is InChI=1S/C5H12.C2H2N2S.C2H6/c1-5(2,3)4;1-3-2-5-4-1;1-2/h1-4H3;1-2H;1-2H3. The Morgan fingerprint density at radius 3 is 1.58 bits per heavy atom. The van der Waals surface area contributed by atoms with E-state index in [-0.39, 0.29) is 0 Å². The summed E-state index contributed by atoms with van der Waals surface area (Å²) >= 11 is 1.35. The molecule has 0 N–H and O–H groups in total. The summed E-state index contributed by atoms with van der Waals surface area (Å²) in [6.45, 7) is 12.8. The van der Waals surface area contributed by atoms with Crippen LogP contribution < -0.4 is 0 Å². The summed E-state index contributed by atoms with van der Waals surface area (Å²) in [6, 6.07) is 0. The highest BCUT2D eigenvalue weighted by Gasteiger charge is 1.95. The lowest BCUT2D eigenvalue weighted by Crippen LogP contribution is -1.93. The summed E-state index contributed by atoms with van der Waals surface area (Å²) in [5, 5.41) is 0. The van der Waals surface area contributed by atoms with Crippen molar-refractivity contribution in [2.45, 2.75) is 41.5 Å². The van der Waals surface area contributed by atoms with Crippen molar-refractivity contribution < 1.29 is 0 Å². The van der Waals surface area contributed by atoms with Crippen molar-refractivity contribution in [3.63, 3.8) is 0 Å². The molecule has 0 spiro atoms. The lowest BCUT2D eigenvalue weighted by molar-refractivity contribution is 0.469. The lowest BCUT2D eigenvalue weighted by Gasteiger charge is -2.05. The van der Waals surface area contributed by atoms with Crippen LogP contribution in [-0.2, 0) is 0 Å². The predicted octanol–water partition coefficient (Wildman–Crippen LogP) is 3.62. The van der Waals surface area contributed by atoms with Crippen LogP contribution in [0.1, 0.15) is 41.5 Å². The Bertz CT molecular complexity index is 119. The first-order valence-electron chi connectivity index (χ1n) is 4.19. The highest BCUT2D eigenvalue weighted by atomic mass is 32.1. The van der Waals surface area contributed by atoms with Gasteiger partial charge in [-0.1, -0.05) is 41.5 Å². The van der Waals surface area contributed by atoms with Crippen LogP contribution in [0.5, 0.6) is 0 Å². The molecule has 0 aromatic carbocycles. The number of rotatable bonds is 0. The van der Waals surface area contributed by atoms with Gasteiger partial charge in [-0.25, -0.2) is 4.98 Å². The van der Waals surface area contributed by atoms with E-state index in [1.165, 1.54) is 17.9 Å². The van der Waals surface area contributed by atoms with Gasteiger partial charge in [0, 0.05) is 0 Å². The van der Waals surface area contributed by atoms with Crippen LogP contribution in [0.15, 0.2) is 11.8 Å². The molecule has 0 radical (unpaired) electrons. The minimum atomic E-state index is 0.500. The normalized spacial score (nSPS) is 8.83. The Morgan fingerprint density at radius 1 is 1.08 bits per heavy atom. The number of hydrogen-bond donors (Lipinski definition) is 0. The first-order valence-corrected chi connectivity index (χ1v) is 5.03. The van der Waals surface area contributed by atoms with Gasteiger partial charge in [0.05, 0.1) is 0 Å². The second kappa shape index (κ2) is 8.65. The predicted molar refractivity (Wildman–Crippen MR) is 56.4 cm³/mol. The van der Waals surface area contributed by atoms with Crippen LogP contribution in [0.3, 0.4) is 0 Å². The maximum absolute atomic E-state index is 3.65. The zero-order valence-corrected chi connectivity index (χ0v) is 9.77. The molecule has 12 heavy (non-hydrogen) atoms. The molecule has 0 aliphatic rings. The average Bonchev–Trinajstić information content (AvgIpc) is 2.41. The van der Waals surface area contributed by atoms with E-state index in [0.29, 0.717) is 5.41 Å². The summed E-state index contributed by atoms with van der Waals surface area (Å²) < 4.78 is 3.65. The maximum Gasteiger partial charge on any atom is 0.129 e. The minimum Gasteiger partial charge on any atom is -0.231 e. The van der Waals surface area contributed by atoms with Gasteiger partial charge in [0.1, 0.15) is 11.8 Å². The van der Waals surface area contributed by atoms with Crippen LogP contribution >= 0.6 is 11.5 Å². The molecule has 0 aliphatic heterocycles. The SMILES string of the molecule is CC.CC(C)(C)C.c1ncsn1. The molecule has 2 nitrogen and oxygen atoms in total. The fourth-order valence-corrected chi connectivity index (χ4v) is 0.408. The zero-order valence-electron chi connectivity index (χ0n) is 8.96. The molecule has 0 amide bonds. The Kier molecular flexibility index (Phi) is 10.2. The number of aromatic nitrogens is 2. The Balaban J connectivity index is 0. The monoisotopic (exact) mass is 188 g/mol. The van der Waals surface area contributed by atoms with Crippen molar-refractivity contribution in [1.29, 1.82) is 0 Å². The highest BCUT2D eigenvalue weighted by Crippen LogP contribution is 2.07. The molecule has 1 heterocycles. The molecule has 3 heteroatoms. The quantitative estimate of drug-likeness (QED) is 0.621. The molecular weight excluding hydrogens is 168 g/mol. The summed E-state index contributed by atoms with van der Waals surface area (Å²) in [5.41, 5.74) is 2.18. The van der Waals surface area contributed by atoms with E-state index in [2.05, 4.69) is 37.1 Å². The topological polar surface area (TPSA) is 25.8 Å². The molecule has 1 aromatic rings. The smallest absolute Gasteiger partial charge is 0.129 e. The van der Waals surface area contributed by atoms with E-state index >= 15 is 0 Å². The van der Waals surface area contributed by atoms with E-state index in [9.17, 15) is 0 Å². The Morgan fingerprint density at radius 2 is 1.50 bits per heavy atom. The highest BCUT2D eigenvalue weighted by molar-refractivity contribution is 7.03. The summed E-state index contributed by atoms with van der Waals surface area (Å²) in [5.74, 6) is 0. The zero-order chi connectivity index (χ0) is 10.0. The molecule has 0 saturated carbocycles. The van der Waals surface area contributed by atoms with Crippen molar-refractivity contribution >= 4 is 11.5 Å². The van der Waals surface area contributed by atoms with E-state index in [1.54, 1.807) is 5.51 Å². The lowest BCUT2D eigenvalue weighted by atomic mass is 10.0. The number of hydrogen-bond acceptors (Lipinski definition) is 3.